The highest BCUT2D eigenvalue weighted by Gasteiger charge is 2.19. The predicted molar refractivity (Wildman–Crippen MR) is 72.9 cm³/mol. The van der Waals surface area contributed by atoms with E-state index in [2.05, 4.69) is 33.5 Å². The second-order valence-corrected chi connectivity index (χ2v) is 5.03. The highest BCUT2D eigenvalue weighted by molar-refractivity contribution is 6.28. The van der Waals surface area contributed by atoms with Crippen molar-refractivity contribution in [2.75, 3.05) is 5.32 Å². The number of hydrogen-bond acceptors (Lipinski definition) is 3. The lowest BCUT2D eigenvalue weighted by molar-refractivity contribution is 0.583. The summed E-state index contributed by atoms with van der Waals surface area (Å²) < 4.78 is 13.6. The molecule has 1 aromatic carbocycles. The average molecular weight is 278 g/mol. The summed E-state index contributed by atoms with van der Waals surface area (Å²) >= 11 is 5.69. The van der Waals surface area contributed by atoms with Crippen LogP contribution in [-0.2, 0) is 12.8 Å². The fourth-order valence-electron chi connectivity index (χ4n) is 2.46. The lowest BCUT2D eigenvalue weighted by Gasteiger charge is -2.25. The molecule has 1 atom stereocenters. The Kier molecular flexibility index (Phi) is 3.34. The van der Waals surface area contributed by atoms with Crippen LogP contribution in [0.2, 0.25) is 5.28 Å². The molecule has 0 bridgehead atoms. The molecule has 1 N–H and O–H groups in total. The average Bonchev–Trinajstić information content (AvgIpc) is 2.43. The quantitative estimate of drug-likeness (QED) is 0.857. The minimum Gasteiger partial charge on any atom is -0.364 e. The topological polar surface area (TPSA) is 37.8 Å². The van der Waals surface area contributed by atoms with Crippen molar-refractivity contribution in [2.45, 2.75) is 25.3 Å². The van der Waals surface area contributed by atoms with Crippen molar-refractivity contribution in [1.82, 2.24) is 9.97 Å². The van der Waals surface area contributed by atoms with Crippen LogP contribution in [0.4, 0.5) is 10.2 Å². The summed E-state index contributed by atoms with van der Waals surface area (Å²) in [6.45, 7) is 0. The molecule has 0 aliphatic heterocycles. The molecule has 19 heavy (non-hydrogen) atoms. The number of halogens is 2. The number of rotatable bonds is 2. The number of nitrogens with zero attached hydrogens (tertiary/aromatic N) is 2. The van der Waals surface area contributed by atoms with E-state index >= 15 is 0 Å². The Labute approximate surface area is 115 Å². The Morgan fingerprint density at radius 1 is 1.26 bits per heavy atom. The van der Waals surface area contributed by atoms with Gasteiger partial charge in [0.15, 0.2) is 11.6 Å². The van der Waals surface area contributed by atoms with Crippen LogP contribution in [0.25, 0.3) is 0 Å². The van der Waals surface area contributed by atoms with Crippen LogP contribution in [0.1, 0.15) is 17.5 Å². The lowest BCUT2D eigenvalue weighted by atomic mass is 9.88. The zero-order valence-electron chi connectivity index (χ0n) is 10.2. The van der Waals surface area contributed by atoms with E-state index < -0.39 is 5.82 Å². The van der Waals surface area contributed by atoms with Crippen molar-refractivity contribution >= 4 is 17.4 Å². The second-order valence-electron chi connectivity index (χ2n) is 4.69. The largest absolute Gasteiger partial charge is 0.364 e. The molecule has 1 heterocycles. The molecule has 1 aromatic heterocycles. The van der Waals surface area contributed by atoms with Crippen molar-refractivity contribution in [3.05, 3.63) is 52.7 Å². The molecule has 0 saturated heterocycles. The zero-order valence-corrected chi connectivity index (χ0v) is 11.0. The Balaban J connectivity index is 1.77. The van der Waals surface area contributed by atoms with Crippen LogP contribution in [0.3, 0.4) is 0 Å². The van der Waals surface area contributed by atoms with Gasteiger partial charge < -0.3 is 5.32 Å². The van der Waals surface area contributed by atoms with Crippen molar-refractivity contribution in [1.29, 1.82) is 0 Å². The summed E-state index contributed by atoms with van der Waals surface area (Å²) in [4.78, 5) is 7.50. The van der Waals surface area contributed by atoms with Gasteiger partial charge in [-0.25, -0.2) is 9.37 Å². The maximum atomic E-state index is 13.6. The first-order valence-electron chi connectivity index (χ1n) is 6.24. The number of anilines is 1. The predicted octanol–water partition coefficient (Wildman–Crippen LogP) is 3.24. The Hall–Kier alpha value is -1.68. The van der Waals surface area contributed by atoms with Gasteiger partial charge in [0.05, 0.1) is 6.20 Å². The molecule has 2 aromatic rings. The molecular weight excluding hydrogens is 265 g/mol. The van der Waals surface area contributed by atoms with Crippen molar-refractivity contribution in [3.63, 3.8) is 0 Å². The summed E-state index contributed by atoms with van der Waals surface area (Å²) in [7, 11) is 0. The zero-order chi connectivity index (χ0) is 13.2. The minimum absolute atomic E-state index is 0.0557. The van der Waals surface area contributed by atoms with Crippen molar-refractivity contribution in [2.24, 2.45) is 0 Å². The number of nitrogens with one attached hydrogen (secondary N) is 1. The fourth-order valence-corrected chi connectivity index (χ4v) is 2.59. The number of aromatic nitrogens is 2. The van der Waals surface area contributed by atoms with E-state index in [1.807, 2.05) is 6.07 Å². The van der Waals surface area contributed by atoms with Crippen LogP contribution in [0.5, 0.6) is 0 Å². The molecule has 0 amide bonds. The molecule has 5 heteroatoms. The van der Waals surface area contributed by atoms with Crippen LogP contribution in [0, 0.1) is 5.82 Å². The van der Waals surface area contributed by atoms with E-state index in [9.17, 15) is 4.39 Å². The van der Waals surface area contributed by atoms with Gasteiger partial charge in [-0.2, -0.15) is 4.98 Å². The summed E-state index contributed by atoms with van der Waals surface area (Å²) in [5.74, 6) is -0.285. The molecule has 98 valence electrons. The van der Waals surface area contributed by atoms with E-state index in [0.717, 1.165) is 25.5 Å². The van der Waals surface area contributed by atoms with Gasteiger partial charge in [-0.15, -0.1) is 0 Å². The molecule has 0 spiro atoms. The molecular formula is C14H13ClFN3. The van der Waals surface area contributed by atoms with Crippen molar-refractivity contribution < 1.29 is 4.39 Å². The summed E-state index contributed by atoms with van der Waals surface area (Å²) in [6, 6.07) is 8.52. The lowest BCUT2D eigenvalue weighted by Crippen LogP contribution is -2.28. The van der Waals surface area contributed by atoms with Gasteiger partial charge in [-0.1, -0.05) is 24.3 Å². The monoisotopic (exact) mass is 277 g/mol. The normalized spacial score (nSPS) is 17.9. The van der Waals surface area contributed by atoms with Gasteiger partial charge in [0.25, 0.3) is 0 Å². The molecule has 1 unspecified atom stereocenters. The Morgan fingerprint density at radius 3 is 2.89 bits per heavy atom. The SMILES string of the molecule is Fc1cnc(Cl)nc1NC1CCc2ccccc2C1. The van der Waals surface area contributed by atoms with Gasteiger partial charge in [-0.05, 0) is 42.0 Å². The van der Waals surface area contributed by atoms with Gasteiger partial charge in [0.2, 0.25) is 5.28 Å². The molecule has 3 nitrogen and oxygen atoms in total. The maximum absolute atomic E-state index is 13.6. The number of hydrogen-bond donors (Lipinski definition) is 1. The third-order valence-corrected chi connectivity index (χ3v) is 3.58. The summed E-state index contributed by atoms with van der Waals surface area (Å²) in [6.07, 6.45) is 3.91. The molecule has 0 radical (unpaired) electrons. The standard InChI is InChI=1S/C14H13ClFN3/c15-14-17-8-12(16)13(19-14)18-11-6-5-9-3-1-2-4-10(9)7-11/h1-4,8,11H,5-7H2,(H,17,18,19). The van der Waals surface area contributed by atoms with Crippen LogP contribution >= 0.6 is 11.6 Å². The minimum atomic E-state index is -0.469. The first kappa shape index (κ1) is 12.4. The van der Waals surface area contributed by atoms with Gasteiger partial charge in [-0.3, -0.25) is 0 Å². The van der Waals surface area contributed by atoms with Crippen LogP contribution in [-0.4, -0.2) is 16.0 Å². The first-order chi connectivity index (χ1) is 9.22. The second kappa shape index (κ2) is 5.13. The van der Waals surface area contributed by atoms with Gasteiger partial charge >= 0.3 is 0 Å². The smallest absolute Gasteiger partial charge is 0.224 e. The first-order valence-corrected chi connectivity index (χ1v) is 6.61. The number of fused-ring (bicyclic) bond motifs is 1. The number of benzene rings is 1. The Bertz CT molecular complexity index is 603. The van der Waals surface area contributed by atoms with Crippen LogP contribution < -0.4 is 5.32 Å². The van der Waals surface area contributed by atoms with Gasteiger partial charge in [0, 0.05) is 6.04 Å². The molecule has 3 rings (SSSR count). The molecule has 0 fully saturated rings. The maximum Gasteiger partial charge on any atom is 0.224 e. The summed E-state index contributed by atoms with van der Waals surface area (Å²) in [5, 5.41) is 3.18. The van der Waals surface area contributed by atoms with E-state index in [0.29, 0.717) is 0 Å². The van der Waals surface area contributed by atoms with Crippen LogP contribution in [0.15, 0.2) is 30.5 Å². The summed E-state index contributed by atoms with van der Waals surface area (Å²) in [5.41, 5.74) is 2.69. The highest BCUT2D eigenvalue weighted by Crippen LogP contribution is 2.24. The third kappa shape index (κ3) is 2.68. The van der Waals surface area contributed by atoms with Crippen molar-refractivity contribution in [3.8, 4) is 0 Å². The van der Waals surface area contributed by atoms with E-state index in [1.54, 1.807) is 0 Å². The fraction of sp³-hybridized carbons (Fsp3) is 0.286. The Morgan fingerprint density at radius 2 is 2.05 bits per heavy atom. The highest BCUT2D eigenvalue weighted by atomic mass is 35.5. The number of aryl methyl sites for hydroxylation is 1. The van der Waals surface area contributed by atoms with E-state index in [1.165, 1.54) is 11.1 Å². The van der Waals surface area contributed by atoms with E-state index in [4.69, 9.17) is 11.6 Å². The molecule has 1 aliphatic carbocycles. The molecule has 0 saturated carbocycles. The van der Waals surface area contributed by atoms with E-state index in [-0.39, 0.29) is 17.1 Å². The molecule has 1 aliphatic rings. The van der Waals surface area contributed by atoms with Gasteiger partial charge in [0.1, 0.15) is 0 Å². The third-order valence-electron chi connectivity index (χ3n) is 3.40.